The van der Waals surface area contributed by atoms with Crippen molar-refractivity contribution in [1.29, 1.82) is 0 Å². The van der Waals surface area contributed by atoms with Gasteiger partial charge in [0.15, 0.2) is 0 Å². The fourth-order valence-corrected chi connectivity index (χ4v) is 0.877. The fraction of sp³-hybridized carbons (Fsp3) is 1.00. The van der Waals surface area contributed by atoms with Crippen molar-refractivity contribution < 1.29 is 30.2 Å². The zero-order chi connectivity index (χ0) is 10.4. The van der Waals surface area contributed by atoms with Gasteiger partial charge in [0.1, 0.15) is 18.3 Å². The monoisotopic (exact) mass is 194 g/mol. The first-order chi connectivity index (χ1) is 6.08. The summed E-state index contributed by atoms with van der Waals surface area (Å²) in [5.74, 6) is 0. The summed E-state index contributed by atoms with van der Waals surface area (Å²) in [5.41, 5.74) is 0. The van der Waals surface area contributed by atoms with E-state index in [9.17, 15) is 5.11 Å². The first-order valence-corrected chi connectivity index (χ1v) is 3.87. The molecule has 6 nitrogen and oxygen atoms in total. The van der Waals surface area contributed by atoms with Crippen LogP contribution in [0.1, 0.15) is 0 Å². The maximum absolute atomic E-state index is 9.27. The summed E-state index contributed by atoms with van der Waals surface area (Å²) in [7, 11) is 1.25. The molecule has 0 radical (unpaired) electrons. The van der Waals surface area contributed by atoms with Gasteiger partial charge < -0.3 is 30.2 Å². The Balaban J connectivity index is 4.13. The Kier molecular flexibility index (Phi) is 6.22. The van der Waals surface area contributed by atoms with Crippen molar-refractivity contribution in [1.82, 2.24) is 0 Å². The first-order valence-electron chi connectivity index (χ1n) is 3.87. The minimum absolute atomic E-state index is 0.479. The number of hydrogen-bond donors (Lipinski definition) is 5. The second-order valence-electron chi connectivity index (χ2n) is 2.69. The predicted octanol–water partition coefficient (Wildman–Crippen LogP) is -4.01. The highest BCUT2D eigenvalue weighted by atomic mass is 16.5. The summed E-state index contributed by atoms with van der Waals surface area (Å²) in [4.78, 5) is 0. The van der Waals surface area contributed by atoms with Crippen molar-refractivity contribution in [3.63, 3.8) is 0 Å². The molecule has 78 valence electrons. The standard InChI is InChI=1S/C6H15BO6/c7-13-4(2-9)6(12)5(11)3(10)1-8/h3-6,8-12H,1-2,7H2. The van der Waals surface area contributed by atoms with Crippen molar-refractivity contribution in [2.45, 2.75) is 24.4 Å². The molecule has 13 heavy (non-hydrogen) atoms. The molecule has 0 spiro atoms. The quantitative estimate of drug-likeness (QED) is 0.275. The molecule has 0 aliphatic carbocycles. The molecule has 0 aromatic carbocycles. The van der Waals surface area contributed by atoms with Gasteiger partial charge in [-0.05, 0) is 0 Å². The minimum atomic E-state index is -1.54. The average molecular weight is 194 g/mol. The highest BCUT2D eigenvalue weighted by molar-refractivity contribution is 5.98. The van der Waals surface area contributed by atoms with E-state index in [0.29, 0.717) is 0 Å². The highest BCUT2D eigenvalue weighted by Crippen LogP contribution is 2.06. The summed E-state index contributed by atoms with van der Waals surface area (Å²) in [6, 6.07) is 0. The molecule has 0 fully saturated rings. The number of aliphatic hydroxyl groups excluding tert-OH is 5. The predicted molar refractivity (Wildman–Crippen MR) is 45.6 cm³/mol. The molecule has 0 aliphatic heterocycles. The van der Waals surface area contributed by atoms with Crippen molar-refractivity contribution >= 4 is 8.05 Å². The molecule has 0 aromatic heterocycles. The first kappa shape index (κ1) is 12.8. The van der Waals surface area contributed by atoms with Crippen molar-refractivity contribution in [3.05, 3.63) is 0 Å². The van der Waals surface area contributed by atoms with E-state index in [1.165, 1.54) is 8.05 Å². The van der Waals surface area contributed by atoms with Gasteiger partial charge in [-0.15, -0.1) is 0 Å². The van der Waals surface area contributed by atoms with Crippen LogP contribution in [0.5, 0.6) is 0 Å². The van der Waals surface area contributed by atoms with E-state index in [4.69, 9.17) is 20.4 Å². The van der Waals surface area contributed by atoms with Gasteiger partial charge >= 0.3 is 0 Å². The number of rotatable bonds is 6. The van der Waals surface area contributed by atoms with Crippen LogP contribution in [0.15, 0.2) is 0 Å². The third-order valence-corrected chi connectivity index (χ3v) is 1.79. The fourth-order valence-electron chi connectivity index (χ4n) is 0.877. The Morgan fingerprint density at radius 3 is 1.85 bits per heavy atom. The molecular weight excluding hydrogens is 179 g/mol. The molecule has 5 N–H and O–H groups in total. The molecule has 0 saturated heterocycles. The summed E-state index contributed by atoms with van der Waals surface area (Å²) in [6.07, 6.45) is -5.39. The third-order valence-electron chi connectivity index (χ3n) is 1.79. The number of aliphatic hydroxyl groups is 5. The highest BCUT2D eigenvalue weighted by Gasteiger charge is 2.30. The van der Waals surface area contributed by atoms with Crippen LogP contribution in [0.2, 0.25) is 0 Å². The van der Waals surface area contributed by atoms with Crippen LogP contribution in [-0.4, -0.2) is 71.2 Å². The zero-order valence-electron chi connectivity index (χ0n) is 7.37. The lowest BCUT2D eigenvalue weighted by Crippen LogP contribution is -2.47. The van der Waals surface area contributed by atoms with Crippen LogP contribution in [0.25, 0.3) is 0 Å². The van der Waals surface area contributed by atoms with Gasteiger partial charge in [0.25, 0.3) is 8.05 Å². The molecule has 0 saturated carbocycles. The molecule has 0 amide bonds. The SMILES string of the molecule is BOC(CO)C(O)C(O)C(O)CO. The third kappa shape index (κ3) is 3.59. The summed E-state index contributed by atoms with van der Waals surface area (Å²) in [5, 5.41) is 44.5. The Morgan fingerprint density at radius 2 is 1.54 bits per heavy atom. The molecule has 0 aliphatic rings. The van der Waals surface area contributed by atoms with Gasteiger partial charge in [-0.25, -0.2) is 0 Å². The van der Waals surface area contributed by atoms with Crippen LogP contribution in [0.3, 0.4) is 0 Å². The van der Waals surface area contributed by atoms with E-state index in [2.05, 4.69) is 4.65 Å². The topological polar surface area (TPSA) is 110 Å². The molecule has 0 heterocycles. The molecular formula is C6H15BO6. The van der Waals surface area contributed by atoms with E-state index in [1.807, 2.05) is 0 Å². The van der Waals surface area contributed by atoms with E-state index in [-0.39, 0.29) is 0 Å². The van der Waals surface area contributed by atoms with Gasteiger partial charge in [0.2, 0.25) is 0 Å². The minimum Gasteiger partial charge on any atom is -0.436 e. The van der Waals surface area contributed by atoms with Crippen LogP contribution in [-0.2, 0) is 4.65 Å². The smallest absolute Gasteiger partial charge is 0.257 e. The Morgan fingerprint density at radius 1 is 1.00 bits per heavy atom. The zero-order valence-corrected chi connectivity index (χ0v) is 7.37. The lowest BCUT2D eigenvalue weighted by Gasteiger charge is -2.26. The summed E-state index contributed by atoms with van der Waals surface area (Å²) >= 11 is 0. The molecule has 0 rings (SSSR count). The van der Waals surface area contributed by atoms with Crippen LogP contribution in [0.4, 0.5) is 0 Å². The summed E-state index contributed by atoms with van der Waals surface area (Å²) in [6.45, 7) is -1.15. The molecule has 4 atom stereocenters. The number of hydrogen-bond acceptors (Lipinski definition) is 6. The summed E-state index contributed by atoms with van der Waals surface area (Å²) < 4.78 is 4.62. The maximum atomic E-state index is 9.27. The molecule has 7 heteroatoms. The maximum Gasteiger partial charge on any atom is 0.257 e. The van der Waals surface area contributed by atoms with E-state index < -0.39 is 37.6 Å². The molecule has 0 aromatic rings. The van der Waals surface area contributed by atoms with Gasteiger partial charge in [-0.3, -0.25) is 0 Å². The molecule has 0 bridgehead atoms. The average Bonchev–Trinajstić information content (AvgIpc) is 2.17. The van der Waals surface area contributed by atoms with Gasteiger partial charge in [-0.1, -0.05) is 0 Å². The van der Waals surface area contributed by atoms with Gasteiger partial charge in [0.05, 0.1) is 19.3 Å². The second kappa shape index (κ2) is 6.30. The van der Waals surface area contributed by atoms with Crippen molar-refractivity contribution in [3.8, 4) is 0 Å². The lowest BCUT2D eigenvalue weighted by atomic mass is 10.0. The van der Waals surface area contributed by atoms with Crippen molar-refractivity contribution in [2.24, 2.45) is 0 Å². The van der Waals surface area contributed by atoms with E-state index in [0.717, 1.165) is 0 Å². The van der Waals surface area contributed by atoms with Gasteiger partial charge in [-0.2, -0.15) is 0 Å². The Labute approximate surface area is 76.8 Å². The lowest BCUT2D eigenvalue weighted by molar-refractivity contribution is -0.116. The van der Waals surface area contributed by atoms with Crippen LogP contribution in [0, 0.1) is 0 Å². The van der Waals surface area contributed by atoms with Gasteiger partial charge in [0, 0.05) is 0 Å². The van der Waals surface area contributed by atoms with E-state index >= 15 is 0 Å². The molecule has 4 unspecified atom stereocenters. The van der Waals surface area contributed by atoms with Crippen molar-refractivity contribution in [2.75, 3.05) is 13.2 Å². The van der Waals surface area contributed by atoms with E-state index in [1.54, 1.807) is 0 Å². The Hall–Kier alpha value is -0.175. The largest absolute Gasteiger partial charge is 0.436 e. The second-order valence-corrected chi connectivity index (χ2v) is 2.69. The Bertz CT molecular complexity index is 130. The van der Waals surface area contributed by atoms with Crippen LogP contribution >= 0.6 is 0 Å². The normalized spacial score (nSPS) is 20.7. The van der Waals surface area contributed by atoms with Crippen LogP contribution < -0.4 is 0 Å².